The lowest BCUT2D eigenvalue weighted by Crippen LogP contribution is -2.18. The van der Waals surface area contributed by atoms with Gasteiger partial charge in [0, 0.05) is 10.3 Å². The maximum Gasteiger partial charge on any atom is 0.174 e. The molecule has 0 heterocycles. The highest BCUT2D eigenvalue weighted by molar-refractivity contribution is 8.03. The zero-order valence-corrected chi connectivity index (χ0v) is 7.42. The molecule has 0 aromatic carbocycles. The van der Waals surface area contributed by atoms with E-state index in [0.29, 0.717) is 5.78 Å². The summed E-state index contributed by atoms with van der Waals surface area (Å²) in [6.45, 7) is 3.99. The molecule has 10 heavy (non-hydrogen) atoms. The van der Waals surface area contributed by atoms with E-state index in [9.17, 15) is 4.79 Å². The molecule has 0 atom stereocenters. The summed E-state index contributed by atoms with van der Waals surface area (Å²) < 4.78 is 0. The van der Waals surface area contributed by atoms with Gasteiger partial charge >= 0.3 is 0 Å². The van der Waals surface area contributed by atoms with Crippen LogP contribution in [0.3, 0.4) is 0 Å². The van der Waals surface area contributed by atoms with E-state index in [-0.39, 0.29) is 5.41 Å². The van der Waals surface area contributed by atoms with Crippen LogP contribution < -0.4 is 0 Å². The van der Waals surface area contributed by atoms with Gasteiger partial charge in [-0.3, -0.25) is 4.79 Å². The van der Waals surface area contributed by atoms with Crippen molar-refractivity contribution in [1.82, 2.24) is 0 Å². The average Bonchev–Trinajstić information content (AvgIpc) is 2.10. The van der Waals surface area contributed by atoms with Gasteiger partial charge in [0.15, 0.2) is 5.78 Å². The van der Waals surface area contributed by atoms with Gasteiger partial charge in [0.2, 0.25) is 0 Å². The predicted octanol–water partition coefficient (Wildman–Crippen LogP) is 2.23. The van der Waals surface area contributed by atoms with Crippen molar-refractivity contribution in [3.63, 3.8) is 0 Å². The molecule has 2 heteroatoms. The van der Waals surface area contributed by atoms with Crippen molar-refractivity contribution in [2.75, 3.05) is 6.26 Å². The molecule has 0 aliphatic heterocycles. The molecule has 1 rings (SSSR count). The van der Waals surface area contributed by atoms with Gasteiger partial charge in [-0.2, -0.15) is 0 Å². The van der Waals surface area contributed by atoms with Crippen LogP contribution in [0.2, 0.25) is 0 Å². The first kappa shape index (κ1) is 7.86. The molecule has 1 aliphatic carbocycles. The third-order valence-electron chi connectivity index (χ3n) is 1.86. The van der Waals surface area contributed by atoms with E-state index >= 15 is 0 Å². The molecule has 0 radical (unpaired) electrons. The van der Waals surface area contributed by atoms with Crippen molar-refractivity contribution in [3.8, 4) is 0 Å². The number of ketones is 1. The monoisotopic (exact) mass is 156 g/mol. The summed E-state index contributed by atoms with van der Waals surface area (Å²) >= 11 is 1.55. The molecule has 0 spiro atoms. The quantitative estimate of drug-likeness (QED) is 0.579. The maximum absolute atomic E-state index is 11.4. The largest absolute Gasteiger partial charge is 0.293 e. The Balaban J connectivity index is 2.80. The summed E-state index contributed by atoms with van der Waals surface area (Å²) in [4.78, 5) is 12.3. The van der Waals surface area contributed by atoms with E-state index in [1.807, 2.05) is 26.2 Å². The maximum atomic E-state index is 11.4. The van der Waals surface area contributed by atoms with Crippen LogP contribution in [0.4, 0.5) is 0 Å². The fourth-order valence-electron chi connectivity index (χ4n) is 1.04. The second-order valence-electron chi connectivity index (χ2n) is 3.19. The highest BCUT2D eigenvalue weighted by Gasteiger charge is 2.33. The predicted molar refractivity (Wildman–Crippen MR) is 45.0 cm³/mol. The SMILES string of the molecule is CSC1=CCC(C)(C)C1=O. The normalized spacial score (nSPS) is 23.1. The van der Waals surface area contributed by atoms with Crippen LogP contribution in [0.1, 0.15) is 20.3 Å². The molecule has 0 unspecified atom stereocenters. The van der Waals surface area contributed by atoms with E-state index in [0.717, 1.165) is 11.3 Å². The molecule has 0 aromatic rings. The molecule has 0 N–H and O–H groups in total. The smallest absolute Gasteiger partial charge is 0.174 e. The molecule has 0 saturated carbocycles. The molecule has 0 amide bonds. The standard InChI is InChI=1S/C8H12OS/c1-8(2)5-4-6(10-3)7(8)9/h4H,5H2,1-3H3. The number of hydrogen-bond acceptors (Lipinski definition) is 2. The van der Waals surface area contributed by atoms with Crippen LogP contribution in [0.5, 0.6) is 0 Å². The minimum atomic E-state index is -0.127. The van der Waals surface area contributed by atoms with E-state index in [4.69, 9.17) is 0 Å². The highest BCUT2D eigenvalue weighted by Crippen LogP contribution is 2.36. The molecule has 0 fully saturated rings. The first-order chi connectivity index (χ1) is 4.58. The van der Waals surface area contributed by atoms with Crippen LogP contribution in [0.15, 0.2) is 11.0 Å². The molecule has 56 valence electrons. The lowest BCUT2D eigenvalue weighted by molar-refractivity contribution is -0.121. The number of carbonyl (C=O) groups excluding carboxylic acids is 1. The third kappa shape index (κ3) is 1.12. The average molecular weight is 156 g/mol. The topological polar surface area (TPSA) is 17.1 Å². The van der Waals surface area contributed by atoms with Crippen LogP contribution in [0.25, 0.3) is 0 Å². The zero-order chi connectivity index (χ0) is 7.78. The fourth-order valence-corrected chi connectivity index (χ4v) is 1.75. The van der Waals surface area contributed by atoms with Gasteiger partial charge in [0.1, 0.15) is 0 Å². The summed E-state index contributed by atoms with van der Waals surface area (Å²) in [5, 5.41) is 0. The summed E-state index contributed by atoms with van der Waals surface area (Å²) in [5.41, 5.74) is -0.127. The van der Waals surface area contributed by atoms with E-state index in [1.165, 1.54) is 0 Å². The van der Waals surface area contributed by atoms with Crippen molar-refractivity contribution in [3.05, 3.63) is 11.0 Å². The number of Topliss-reactive ketones (excluding diaryl/α,β-unsaturated/α-hetero) is 1. The van der Waals surface area contributed by atoms with Gasteiger partial charge in [-0.05, 0) is 12.7 Å². The van der Waals surface area contributed by atoms with Gasteiger partial charge in [0.25, 0.3) is 0 Å². The third-order valence-corrected chi connectivity index (χ3v) is 2.65. The Morgan fingerprint density at radius 1 is 1.60 bits per heavy atom. The van der Waals surface area contributed by atoms with Crippen molar-refractivity contribution >= 4 is 17.5 Å². The second kappa shape index (κ2) is 2.42. The lowest BCUT2D eigenvalue weighted by atomic mass is 9.90. The number of thioether (sulfide) groups is 1. The van der Waals surface area contributed by atoms with Crippen LogP contribution in [-0.4, -0.2) is 12.0 Å². The molecule has 0 aromatic heterocycles. The fraction of sp³-hybridized carbons (Fsp3) is 0.625. The van der Waals surface area contributed by atoms with Crippen molar-refractivity contribution in [2.24, 2.45) is 5.41 Å². The number of carbonyl (C=O) groups is 1. The Kier molecular flexibility index (Phi) is 1.90. The molecular weight excluding hydrogens is 144 g/mol. The summed E-state index contributed by atoms with van der Waals surface area (Å²) in [5.74, 6) is 0.306. The summed E-state index contributed by atoms with van der Waals surface area (Å²) in [6, 6.07) is 0. The first-order valence-corrected chi connectivity index (χ1v) is 4.59. The van der Waals surface area contributed by atoms with Crippen molar-refractivity contribution < 1.29 is 4.79 Å². The van der Waals surface area contributed by atoms with E-state index in [2.05, 4.69) is 0 Å². The first-order valence-electron chi connectivity index (χ1n) is 3.37. The second-order valence-corrected chi connectivity index (χ2v) is 4.04. The van der Waals surface area contributed by atoms with Gasteiger partial charge in [-0.25, -0.2) is 0 Å². The molecule has 1 nitrogen and oxygen atoms in total. The van der Waals surface area contributed by atoms with Crippen LogP contribution >= 0.6 is 11.8 Å². The number of hydrogen-bond donors (Lipinski definition) is 0. The minimum Gasteiger partial charge on any atom is -0.293 e. The van der Waals surface area contributed by atoms with E-state index < -0.39 is 0 Å². The Bertz CT molecular complexity index is 191. The Morgan fingerprint density at radius 3 is 2.40 bits per heavy atom. The van der Waals surface area contributed by atoms with Crippen molar-refractivity contribution in [1.29, 1.82) is 0 Å². The number of rotatable bonds is 1. The summed E-state index contributed by atoms with van der Waals surface area (Å²) in [6.07, 6.45) is 4.89. The van der Waals surface area contributed by atoms with Crippen LogP contribution in [-0.2, 0) is 4.79 Å². The van der Waals surface area contributed by atoms with Crippen LogP contribution in [0, 0.1) is 5.41 Å². The highest BCUT2D eigenvalue weighted by atomic mass is 32.2. The number of allylic oxidation sites excluding steroid dienone is 2. The van der Waals surface area contributed by atoms with Gasteiger partial charge in [0.05, 0.1) is 0 Å². The van der Waals surface area contributed by atoms with Gasteiger partial charge in [-0.15, -0.1) is 11.8 Å². The van der Waals surface area contributed by atoms with E-state index in [1.54, 1.807) is 11.8 Å². The van der Waals surface area contributed by atoms with Gasteiger partial charge in [-0.1, -0.05) is 19.9 Å². The van der Waals surface area contributed by atoms with Gasteiger partial charge < -0.3 is 0 Å². The Morgan fingerprint density at radius 2 is 2.20 bits per heavy atom. The molecule has 0 bridgehead atoms. The molecule has 1 aliphatic rings. The molecule has 0 saturated heterocycles. The zero-order valence-electron chi connectivity index (χ0n) is 6.60. The van der Waals surface area contributed by atoms with Crippen molar-refractivity contribution in [2.45, 2.75) is 20.3 Å². The summed E-state index contributed by atoms with van der Waals surface area (Å²) in [7, 11) is 0. The Labute approximate surface area is 65.9 Å². The Hall–Kier alpha value is -0.240. The molecular formula is C8H12OS. The lowest BCUT2D eigenvalue weighted by Gasteiger charge is -2.14. The minimum absolute atomic E-state index is 0.127.